The minimum absolute atomic E-state index is 0.240. The Bertz CT molecular complexity index is 326. The van der Waals surface area contributed by atoms with Crippen molar-refractivity contribution in [3.63, 3.8) is 0 Å². The predicted molar refractivity (Wildman–Crippen MR) is 53.9 cm³/mol. The molecule has 0 aliphatic carbocycles. The van der Waals surface area contributed by atoms with Gasteiger partial charge in [-0.05, 0) is 32.2 Å². The maximum absolute atomic E-state index is 13.5. The van der Waals surface area contributed by atoms with E-state index in [4.69, 9.17) is 4.74 Å². The van der Waals surface area contributed by atoms with E-state index in [1.165, 1.54) is 23.9 Å². The van der Waals surface area contributed by atoms with Gasteiger partial charge in [0, 0.05) is 4.90 Å². The second-order valence-corrected chi connectivity index (χ2v) is 3.91. The van der Waals surface area contributed by atoms with Gasteiger partial charge in [0.1, 0.15) is 0 Å². The van der Waals surface area contributed by atoms with E-state index in [9.17, 15) is 8.78 Å². The molecule has 0 saturated heterocycles. The highest BCUT2D eigenvalue weighted by Gasteiger charge is 2.15. The van der Waals surface area contributed by atoms with Crippen molar-refractivity contribution in [3.05, 3.63) is 23.8 Å². The number of thioether (sulfide) groups is 1. The fraction of sp³-hybridized carbons (Fsp3) is 0.400. The largest absolute Gasteiger partial charge is 0.485 e. The summed E-state index contributed by atoms with van der Waals surface area (Å²) in [5, 5.41) is 0. The zero-order valence-electron chi connectivity index (χ0n) is 8.30. The molecular weight excluding hydrogens is 206 g/mol. The van der Waals surface area contributed by atoms with Crippen molar-refractivity contribution in [2.75, 3.05) is 6.26 Å². The van der Waals surface area contributed by atoms with Crippen LogP contribution in [0.4, 0.5) is 8.78 Å². The molecule has 0 aliphatic rings. The predicted octanol–water partition coefficient (Wildman–Crippen LogP) is 3.47. The molecule has 0 aromatic heterocycles. The number of rotatable bonds is 3. The van der Waals surface area contributed by atoms with E-state index in [-0.39, 0.29) is 11.9 Å². The van der Waals surface area contributed by atoms with Crippen LogP contribution in [0.2, 0.25) is 0 Å². The Morgan fingerprint density at radius 3 is 2.43 bits per heavy atom. The molecule has 1 rings (SSSR count). The molecule has 1 nitrogen and oxygen atoms in total. The zero-order chi connectivity index (χ0) is 10.7. The third-order valence-electron chi connectivity index (χ3n) is 1.59. The number of hydrogen-bond donors (Lipinski definition) is 0. The Labute approximate surface area is 86.5 Å². The van der Waals surface area contributed by atoms with Crippen molar-refractivity contribution in [1.29, 1.82) is 0 Å². The van der Waals surface area contributed by atoms with Crippen LogP contribution in [-0.2, 0) is 0 Å². The molecule has 78 valence electrons. The van der Waals surface area contributed by atoms with Gasteiger partial charge in [0.2, 0.25) is 0 Å². The first kappa shape index (κ1) is 11.3. The Morgan fingerprint density at radius 2 is 1.93 bits per heavy atom. The number of ether oxygens (including phenoxy) is 1. The van der Waals surface area contributed by atoms with Crippen molar-refractivity contribution < 1.29 is 13.5 Å². The van der Waals surface area contributed by atoms with Crippen LogP contribution in [0.3, 0.4) is 0 Å². The van der Waals surface area contributed by atoms with Crippen LogP contribution in [0.15, 0.2) is 17.0 Å². The van der Waals surface area contributed by atoms with Gasteiger partial charge < -0.3 is 4.74 Å². The van der Waals surface area contributed by atoms with Crippen LogP contribution < -0.4 is 4.74 Å². The summed E-state index contributed by atoms with van der Waals surface area (Å²) in [5.74, 6) is -1.56. The molecule has 0 N–H and O–H groups in total. The summed E-state index contributed by atoms with van der Waals surface area (Å²) in [6.45, 7) is 3.45. The molecule has 4 heteroatoms. The summed E-state index contributed by atoms with van der Waals surface area (Å²) in [5.41, 5.74) is 0. The van der Waals surface area contributed by atoms with Crippen LogP contribution in [0.5, 0.6) is 5.75 Å². The molecule has 0 spiro atoms. The Balaban J connectivity index is 3.11. The zero-order valence-corrected chi connectivity index (χ0v) is 9.12. The SMILES string of the molecule is CSc1ccc(F)c(OC(C)C)c1F. The lowest BCUT2D eigenvalue weighted by molar-refractivity contribution is 0.217. The Hall–Kier alpha value is -0.770. The average Bonchev–Trinajstić information content (AvgIpc) is 2.12. The van der Waals surface area contributed by atoms with Crippen LogP contribution in [0, 0.1) is 11.6 Å². The molecule has 0 saturated carbocycles. The first-order valence-corrected chi connectivity index (χ1v) is 5.47. The van der Waals surface area contributed by atoms with E-state index in [1.807, 2.05) is 0 Å². The van der Waals surface area contributed by atoms with Gasteiger partial charge in [-0.3, -0.25) is 0 Å². The fourth-order valence-corrected chi connectivity index (χ4v) is 1.49. The lowest BCUT2D eigenvalue weighted by Gasteiger charge is -2.12. The van der Waals surface area contributed by atoms with Gasteiger partial charge in [-0.25, -0.2) is 8.78 Å². The number of hydrogen-bond acceptors (Lipinski definition) is 2. The molecule has 0 amide bonds. The lowest BCUT2D eigenvalue weighted by Crippen LogP contribution is -2.09. The average molecular weight is 218 g/mol. The molecule has 14 heavy (non-hydrogen) atoms. The smallest absolute Gasteiger partial charge is 0.192 e. The summed E-state index contributed by atoms with van der Waals surface area (Å²) >= 11 is 1.22. The van der Waals surface area contributed by atoms with Gasteiger partial charge in [-0.1, -0.05) is 0 Å². The Kier molecular flexibility index (Phi) is 3.75. The van der Waals surface area contributed by atoms with Crippen molar-refractivity contribution in [1.82, 2.24) is 0 Å². The monoisotopic (exact) mass is 218 g/mol. The summed E-state index contributed by atoms with van der Waals surface area (Å²) in [6, 6.07) is 2.62. The molecular formula is C10H12F2OS. The van der Waals surface area contributed by atoms with Crippen LogP contribution in [0.25, 0.3) is 0 Å². The first-order chi connectivity index (χ1) is 6.56. The molecule has 1 aromatic carbocycles. The second-order valence-electron chi connectivity index (χ2n) is 3.06. The van der Waals surface area contributed by atoms with E-state index >= 15 is 0 Å². The highest BCUT2D eigenvalue weighted by atomic mass is 32.2. The van der Waals surface area contributed by atoms with Gasteiger partial charge in [-0.2, -0.15) is 0 Å². The maximum Gasteiger partial charge on any atom is 0.192 e. The van der Waals surface area contributed by atoms with Gasteiger partial charge in [-0.15, -0.1) is 11.8 Å². The molecule has 0 bridgehead atoms. The highest BCUT2D eigenvalue weighted by Crippen LogP contribution is 2.30. The van der Waals surface area contributed by atoms with E-state index in [0.717, 1.165) is 0 Å². The third-order valence-corrected chi connectivity index (χ3v) is 2.34. The minimum atomic E-state index is -0.658. The van der Waals surface area contributed by atoms with Crippen LogP contribution >= 0.6 is 11.8 Å². The molecule has 0 unspecified atom stereocenters. The normalized spacial score (nSPS) is 10.7. The highest BCUT2D eigenvalue weighted by molar-refractivity contribution is 7.98. The summed E-state index contributed by atoms with van der Waals surface area (Å²) in [6.07, 6.45) is 1.49. The molecule has 1 aromatic rings. The topological polar surface area (TPSA) is 9.23 Å². The van der Waals surface area contributed by atoms with Crippen LogP contribution in [0.1, 0.15) is 13.8 Å². The fourth-order valence-electron chi connectivity index (χ4n) is 1.02. The van der Waals surface area contributed by atoms with Crippen molar-refractivity contribution in [3.8, 4) is 5.75 Å². The molecule has 0 heterocycles. The third kappa shape index (κ3) is 2.38. The Morgan fingerprint density at radius 1 is 1.29 bits per heavy atom. The standard InChI is InChI=1S/C10H12F2OS/c1-6(2)13-10-7(11)4-5-8(14-3)9(10)12/h4-6H,1-3H3. The van der Waals surface area contributed by atoms with Crippen LogP contribution in [-0.4, -0.2) is 12.4 Å². The first-order valence-electron chi connectivity index (χ1n) is 4.25. The van der Waals surface area contributed by atoms with Crippen molar-refractivity contribution >= 4 is 11.8 Å². The van der Waals surface area contributed by atoms with E-state index in [2.05, 4.69) is 0 Å². The van der Waals surface area contributed by atoms with Gasteiger partial charge in [0.15, 0.2) is 17.4 Å². The molecule has 0 radical (unpaired) electrons. The van der Waals surface area contributed by atoms with Crippen molar-refractivity contribution in [2.24, 2.45) is 0 Å². The minimum Gasteiger partial charge on any atom is -0.485 e. The van der Waals surface area contributed by atoms with Gasteiger partial charge in [0.05, 0.1) is 6.10 Å². The molecule has 0 aliphatic heterocycles. The molecule has 0 fully saturated rings. The van der Waals surface area contributed by atoms with E-state index < -0.39 is 11.6 Å². The van der Waals surface area contributed by atoms with E-state index in [0.29, 0.717) is 4.90 Å². The molecule has 0 atom stereocenters. The van der Waals surface area contributed by atoms with Crippen molar-refractivity contribution in [2.45, 2.75) is 24.8 Å². The summed E-state index contributed by atoms with van der Waals surface area (Å²) < 4.78 is 31.7. The number of halogens is 2. The summed E-state index contributed by atoms with van der Waals surface area (Å²) in [7, 11) is 0. The van der Waals surface area contributed by atoms with Gasteiger partial charge >= 0.3 is 0 Å². The second kappa shape index (κ2) is 4.64. The lowest BCUT2D eigenvalue weighted by atomic mass is 10.3. The van der Waals surface area contributed by atoms with Gasteiger partial charge in [0.25, 0.3) is 0 Å². The summed E-state index contributed by atoms with van der Waals surface area (Å²) in [4.78, 5) is 0.391. The van der Waals surface area contributed by atoms with E-state index in [1.54, 1.807) is 20.1 Å². The maximum atomic E-state index is 13.5. The number of benzene rings is 1. The quantitative estimate of drug-likeness (QED) is 0.718.